The van der Waals surface area contributed by atoms with Crippen molar-refractivity contribution in [1.29, 1.82) is 0 Å². The molecule has 2 heterocycles. The highest BCUT2D eigenvalue weighted by atomic mass is 16.7. The Morgan fingerprint density at radius 1 is 1.11 bits per heavy atom. The minimum Gasteiger partial charge on any atom is -0.493 e. The molecule has 0 saturated carbocycles. The lowest BCUT2D eigenvalue weighted by molar-refractivity contribution is 0.0699. The maximum Gasteiger partial charge on any atom is 0.336 e. The number of aromatic carboxylic acids is 1. The van der Waals surface area contributed by atoms with Gasteiger partial charge in [-0.05, 0) is 30.4 Å². The average molecular weight is 379 g/mol. The molecule has 0 fully saturated rings. The van der Waals surface area contributed by atoms with Crippen molar-refractivity contribution in [2.24, 2.45) is 0 Å². The van der Waals surface area contributed by atoms with Gasteiger partial charge in [-0.3, -0.25) is 0 Å². The van der Waals surface area contributed by atoms with E-state index in [-0.39, 0.29) is 12.4 Å². The van der Waals surface area contributed by atoms with E-state index >= 15 is 0 Å². The van der Waals surface area contributed by atoms with Crippen molar-refractivity contribution in [1.82, 2.24) is 4.98 Å². The second-order valence-electron chi connectivity index (χ2n) is 6.02. The van der Waals surface area contributed by atoms with Crippen molar-refractivity contribution in [2.45, 2.75) is 0 Å². The van der Waals surface area contributed by atoms with Crippen molar-refractivity contribution in [3.8, 4) is 23.0 Å². The predicted octanol–water partition coefficient (Wildman–Crippen LogP) is 3.85. The third-order valence-corrected chi connectivity index (χ3v) is 4.42. The number of carbonyl (C=O) groups is 1. The zero-order chi connectivity index (χ0) is 19.7. The van der Waals surface area contributed by atoms with Crippen LogP contribution in [0.25, 0.3) is 23.1 Å². The van der Waals surface area contributed by atoms with Crippen molar-refractivity contribution < 1.29 is 28.8 Å². The second kappa shape index (κ2) is 7.11. The van der Waals surface area contributed by atoms with Crippen molar-refractivity contribution >= 4 is 29.0 Å². The summed E-state index contributed by atoms with van der Waals surface area (Å²) in [6, 6.07) is 10.4. The lowest BCUT2D eigenvalue weighted by Gasteiger charge is -2.11. The monoisotopic (exact) mass is 379 g/mol. The Morgan fingerprint density at radius 3 is 2.64 bits per heavy atom. The molecule has 3 aromatic rings. The quantitative estimate of drug-likeness (QED) is 0.720. The Bertz CT molecular complexity index is 1110. The third kappa shape index (κ3) is 2.96. The molecule has 28 heavy (non-hydrogen) atoms. The van der Waals surface area contributed by atoms with Crippen LogP contribution >= 0.6 is 0 Å². The number of carboxylic acid groups (broad SMARTS) is 1. The summed E-state index contributed by atoms with van der Waals surface area (Å²) in [6.45, 7) is 0.0867. The number of rotatable bonds is 5. The molecule has 0 saturated heterocycles. The SMILES string of the molecule is COc1cc(/C=C/c2cc(C(=O)O)c3ccccc3n2)c(OC)c2c1OCO2. The van der Waals surface area contributed by atoms with Crippen LogP contribution in [-0.2, 0) is 0 Å². The predicted molar refractivity (Wildman–Crippen MR) is 103 cm³/mol. The number of hydrogen-bond donors (Lipinski definition) is 1. The summed E-state index contributed by atoms with van der Waals surface area (Å²) in [5, 5.41) is 10.1. The van der Waals surface area contributed by atoms with Gasteiger partial charge in [0, 0.05) is 10.9 Å². The molecule has 7 heteroatoms. The van der Waals surface area contributed by atoms with Crippen LogP contribution in [0, 0.1) is 0 Å². The van der Waals surface area contributed by atoms with Gasteiger partial charge in [0.05, 0.1) is 31.0 Å². The molecule has 0 radical (unpaired) electrons. The van der Waals surface area contributed by atoms with E-state index in [9.17, 15) is 9.90 Å². The number of pyridine rings is 1. The molecule has 7 nitrogen and oxygen atoms in total. The highest BCUT2D eigenvalue weighted by Gasteiger charge is 2.26. The summed E-state index contributed by atoms with van der Waals surface area (Å²) in [5.41, 5.74) is 2.00. The number of ether oxygens (including phenoxy) is 4. The molecule has 0 bridgehead atoms. The van der Waals surface area contributed by atoms with E-state index in [1.807, 2.05) is 6.07 Å². The molecule has 4 rings (SSSR count). The zero-order valence-electron chi connectivity index (χ0n) is 15.3. The van der Waals surface area contributed by atoms with Gasteiger partial charge in [0.15, 0.2) is 11.5 Å². The van der Waals surface area contributed by atoms with Crippen LogP contribution in [0.2, 0.25) is 0 Å². The van der Waals surface area contributed by atoms with E-state index in [1.54, 1.807) is 43.5 Å². The summed E-state index contributed by atoms with van der Waals surface area (Å²) in [6.07, 6.45) is 3.49. The Balaban J connectivity index is 1.81. The molecule has 1 aliphatic heterocycles. The molecule has 0 spiro atoms. The van der Waals surface area contributed by atoms with Gasteiger partial charge in [-0.25, -0.2) is 9.78 Å². The zero-order valence-corrected chi connectivity index (χ0v) is 15.3. The van der Waals surface area contributed by atoms with E-state index in [1.165, 1.54) is 13.2 Å². The first-order valence-electron chi connectivity index (χ1n) is 8.48. The first-order chi connectivity index (χ1) is 13.6. The lowest BCUT2D eigenvalue weighted by atomic mass is 10.1. The largest absolute Gasteiger partial charge is 0.493 e. The van der Waals surface area contributed by atoms with Gasteiger partial charge in [-0.15, -0.1) is 0 Å². The smallest absolute Gasteiger partial charge is 0.336 e. The van der Waals surface area contributed by atoms with Gasteiger partial charge in [0.2, 0.25) is 18.3 Å². The number of methoxy groups -OCH3 is 2. The molecule has 1 N–H and O–H groups in total. The molecule has 0 unspecified atom stereocenters. The minimum absolute atomic E-state index is 0.0867. The van der Waals surface area contributed by atoms with Crippen LogP contribution < -0.4 is 18.9 Å². The van der Waals surface area contributed by atoms with E-state index in [0.29, 0.717) is 45.2 Å². The number of nitrogens with zero attached hydrogens (tertiary/aromatic N) is 1. The Morgan fingerprint density at radius 2 is 1.89 bits per heavy atom. The van der Waals surface area contributed by atoms with Gasteiger partial charge >= 0.3 is 5.97 Å². The number of hydrogen-bond acceptors (Lipinski definition) is 6. The maximum atomic E-state index is 11.6. The Hall–Kier alpha value is -3.74. The first-order valence-corrected chi connectivity index (χ1v) is 8.48. The fraction of sp³-hybridized carbons (Fsp3) is 0.143. The van der Waals surface area contributed by atoms with E-state index in [2.05, 4.69) is 4.98 Å². The molecule has 0 aliphatic carbocycles. The fourth-order valence-corrected chi connectivity index (χ4v) is 3.15. The number of para-hydroxylation sites is 1. The second-order valence-corrected chi connectivity index (χ2v) is 6.02. The van der Waals surface area contributed by atoms with Crippen LogP contribution in [0.3, 0.4) is 0 Å². The molecular formula is C21H17NO6. The highest BCUT2D eigenvalue weighted by molar-refractivity contribution is 6.03. The first kappa shape index (κ1) is 17.7. The van der Waals surface area contributed by atoms with Gasteiger partial charge in [-0.1, -0.05) is 18.2 Å². The molecule has 1 aromatic heterocycles. The normalized spacial score (nSPS) is 12.5. The van der Waals surface area contributed by atoms with E-state index in [4.69, 9.17) is 18.9 Å². The highest BCUT2D eigenvalue weighted by Crippen LogP contribution is 2.49. The summed E-state index contributed by atoms with van der Waals surface area (Å²) in [5.74, 6) is 0.984. The topological polar surface area (TPSA) is 87.1 Å². The van der Waals surface area contributed by atoms with Crippen molar-refractivity contribution in [3.05, 3.63) is 53.2 Å². The van der Waals surface area contributed by atoms with Gasteiger partial charge in [-0.2, -0.15) is 0 Å². The lowest BCUT2D eigenvalue weighted by Crippen LogP contribution is -2.00. The summed E-state index contributed by atoms with van der Waals surface area (Å²) >= 11 is 0. The van der Waals surface area contributed by atoms with Crippen LogP contribution in [0.5, 0.6) is 23.0 Å². The summed E-state index contributed by atoms with van der Waals surface area (Å²) in [7, 11) is 3.08. The summed E-state index contributed by atoms with van der Waals surface area (Å²) in [4.78, 5) is 16.2. The molecular weight excluding hydrogens is 362 g/mol. The van der Waals surface area contributed by atoms with E-state index in [0.717, 1.165) is 0 Å². The third-order valence-electron chi connectivity index (χ3n) is 4.42. The minimum atomic E-state index is -1.00. The van der Waals surface area contributed by atoms with Crippen LogP contribution in [0.4, 0.5) is 0 Å². The van der Waals surface area contributed by atoms with Gasteiger partial charge < -0.3 is 24.1 Å². The molecule has 142 valence electrons. The number of fused-ring (bicyclic) bond motifs is 2. The van der Waals surface area contributed by atoms with Crippen molar-refractivity contribution in [2.75, 3.05) is 21.0 Å². The number of aromatic nitrogens is 1. The van der Waals surface area contributed by atoms with Gasteiger partial charge in [0.1, 0.15) is 0 Å². The van der Waals surface area contributed by atoms with Crippen molar-refractivity contribution in [3.63, 3.8) is 0 Å². The Labute approximate surface area is 160 Å². The van der Waals surface area contributed by atoms with Crippen LogP contribution in [-0.4, -0.2) is 37.1 Å². The number of benzene rings is 2. The number of carboxylic acids is 1. The van der Waals surface area contributed by atoms with Crippen LogP contribution in [0.1, 0.15) is 21.6 Å². The standard InChI is InChI=1S/C21H17NO6/c1-25-17-9-12(18(26-2)20-19(17)27-11-28-20)7-8-13-10-15(21(23)24)14-5-3-4-6-16(14)22-13/h3-10H,11H2,1-2H3,(H,23,24)/b8-7+. The summed E-state index contributed by atoms with van der Waals surface area (Å²) < 4.78 is 21.8. The average Bonchev–Trinajstić information content (AvgIpc) is 3.20. The maximum absolute atomic E-state index is 11.6. The van der Waals surface area contributed by atoms with Crippen LogP contribution in [0.15, 0.2) is 36.4 Å². The molecule has 0 amide bonds. The van der Waals surface area contributed by atoms with E-state index < -0.39 is 5.97 Å². The Kier molecular flexibility index (Phi) is 4.49. The fourth-order valence-electron chi connectivity index (χ4n) is 3.15. The molecule has 0 atom stereocenters. The molecule has 2 aromatic carbocycles. The molecule has 1 aliphatic rings. The van der Waals surface area contributed by atoms with Gasteiger partial charge in [0.25, 0.3) is 0 Å².